The average Bonchev–Trinajstić information content (AvgIpc) is 2.84. The van der Waals surface area contributed by atoms with Crippen molar-refractivity contribution in [2.45, 2.75) is 45.3 Å². The summed E-state index contributed by atoms with van der Waals surface area (Å²) in [5.41, 5.74) is 1.56. The minimum atomic E-state index is -3.80. The van der Waals surface area contributed by atoms with Crippen LogP contribution in [0.5, 0.6) is 0 Å². The highest BCUT2D eigenvalue weighted by Gasteiger charge is 2.34. The van der Waals surface area contributed by atoms with Crippen LogP contribution in [-0.2, 0) is 32.6 Å². The van der Waals surface area contributed by atoms with E-state index < -0.39 is 34.1 Å². The van der Waals surface area contributed by atoms with Crippen LogP contribution in [0.3, 0.4) is 0 Å². The van der Waals surface area contributed by atoms with Gasteiger partial charge in [0.15, 0.2) is 0 Å². The minimum absolute atomic E-state index is 0.146. The average molecular weight is 601 g/mol. The van der Waals surface area contributed by atoms with E-state index in [0.717, 1.165) is 26.2 Å². The van der Waals surface area contributed by atoms with Gasteiger partial charge in [0.1, 0.15) is 12.6 Å². The summed E-state index contributed by atoms with van der Waals surface area (Å²) >= 11 is 3.36. The van der Waals surface area contributed by atoms with Gasteiger partial charge in [-0.3, -0.25) is 13.9 Å². The number of carbonyl (C=O) groups is 2. The molecule has 0 spiro atoms. The van der Waals surface area contributed by atoms with E-state index in [0.29, 0.717) is 5.69 Å². The standard InChI is InChI=1S/C29H34BrN3O4S/c1-29(2,3)31-28(35)26(19-22-11-7-5-8-12-22)32(20-23-13-9-6-10-14-23)27(34)21-33(38(4,36)37)25-17-15-24(30)16-18-25/h5-18,26H,19-21H2,1-4H3,(H,31,35)/t26-/m1/s1. The van der Waals surface area contributed by atoms with Gasteiger partial charge < -0.3 is 10.2 Å². The largest absolute Gasteiger partial charge is 0.350 e. The predicted octanol–water partition coefficient (Wildman–Crippen LogP) is 4.77. The fourth-order valence-corrected chi connectivity index (χ4v) is 5.12. The smallest absolute Gasteiger partial charge is 0.244 e. The number of halogens is 1. The van der Waals surface area contributed by atoms with Gasteiger partial charge in [-0.15, -0.1) is 0 Å². The van der Waals surface area contributed by atoms with Crippen molar-refractivity contribution in [3.05, 3.63) is 101 Å². The Kier molecular flexibility index (Phi) is 9.73. The van der Waals surface area contributed by atoms with Gasteiger partial charge >= 0.3 is 0 Å². The van der Waals surface area contributed by atoms with Gasteiger partial charge in [0, 0.05) is 23.0 Å². The van der Waals surface area contributed by atoms with Crippen LogP contribution in [0, 0.1) is 0 Å². The molecule has 1 N–H and O–H groups in total. The SMILES string of the molecule is CC(C)(C)NC(=O)[C@@H](Cc1ccccc1)N(Cc1ccccc1)C(=O)CN(c1ccc(Br)cc1)S(C)(=O)=O. The highest BCUT2D eigenvalue weighted by atomic mass is 79.9. The third-order valence-electron chi connectivity index (χ3n) is 5.76. The van der Waals surface area contributed by atoms with Crippen LogP contribution in [-0.4, -0.2) is 49.5 Å². The highest BCUT2D eigenvalue weighted by Crippen LogP contribution is 2.22. The molecule has 9 heteroatoms. The zero-order chi connectivity index (χ0) is 27.9. The molecule has 0 bridgehead atoms. The maximum atomic E-state index is 14.0. The molecule has 3 rings (SSSR count). The first-order chi connectivity index (χ1) is 17.8. The summed E-state index contributed by atoms with van der Waals surface area (Å²) in [4.78, 5) is 29.1. The first kappa shape index (κ1) is 29.4. The molecule has 0 heterocycles. The number of anilines is 1. The van der Waals surface area contributed by atoms with Gasteiger partial charge in [0.2, 0.25) is 21.8 Å². The Balaban J connectivity index is 2.04. The van der Waals surface area contributed by atoms with Crippen LogP contribution in [0.25, 0.3) is 0 Å². The van der Waals surface area contributed by atoms with E-state index in [-0.39, 0.29) is 18.9 Å². The Hall–Kier alpha value is -3.17. The number of hydrogen-bond acceptors (Lipinski definition) is 4. The first-order valence-electron chi connectivity index (χ1n) is 12.3. The van der Waals surface area contributed by atoms with Crippen molar-refractivity contribution in [2.24, 2.45) is 0 Å². The number of carbonyl (C=O) groups excluding carboxylic acids is 2. The second-order valence-electron chi connectivity index (χ2n) is 10.2. The Morgan fingerprint density at radius 3 is 1.89 bits per heavy atom. The molecule has 0 unspecified atom stereocenters. The zero-order valence-corrected chi connectivity index (χ0v) is 24.5. The maximum Gasteiger partial charge on any atom is 0.244 e. The summed E-state index contributed by atoms with van der Waals surface area (Å²) in [6, 6.07) is 24.7. The van der Waals surface area contributed by atoms with E-state index >= 15 is 0 Å². The Labute approximate surface area is 234 Å². The number of amides is 2. The van der Waals surface area contributed by atoms with Gasteiger partial charge in [-0.05, 0) is 56.2 Å². The number of nitrogens with one attached hydrogen (secondary N) is 1. The predicted molar refractivity (Wildman–Crippen MR) is 155 cm³/mol. The quantitative estimate of drug-likeness (QED) is 0.364. The van der Waals surface area contributed by atoms with Gasteiger partial charge in [-0.25, -0.2) is 8.42 Å². The van der Waals surface area contributed by atoms with E-state index in [9.17, 15) is 18.0 Å². The summed E-state index contributed by atoms with van der Waals surface area (Å²) in [7, 11) is -3.80. The fraction of sp³-hybridized carbons (Fsp3) is 0.310. The van der Waals surface area contributed by atoms with Crippen LogP contribution in [0.2, 0.25) is 0 Å². The van der Waals surface area contributed by atoms with Crippen molar-refractivity contribution in [2.75, 3.05) is 17.1 Å². The molecule has 0 saturated carbocycles. The van der Waals surface area contributed by atoms with Crippen molar-refractivity contribution in [1.29, 1.82) is 0 Å². The summed E-state index contributed by atoms with van der Waals surface area (Å²) in [5.74, 6) is -0.785. The molecule has 1 atom stereocenters. The van der Waals surface area contributed by atoms with E-state index in [1.165, 1.54) is 4.90 Å². The maximum absolute atomic E-state index is 14.0. The van der Waals surface area contributed by atoms with Crippen molar-refractivity contribution >= 4 is 43.5 Å². The second-order valence-corrected chi connectivity index (χ2v) is 13.0. The summed E-state index contributed by atoms with van der Waals surface area (Å²) in [6.45, 7) is 5.35. The molecule has 0 saturated heterocycles. The number of hydrogen-bond donors (Lipinski definition) is 1. The lowest BCUT2D eigenvalue weighted by atomic mass is 10.0. The number of benzene rings is 3. The molecule has 7 nitrogen and oxygen atoms in total. The third kappa shape index (κ3) is 8.70. The monoisotopic (exact) mass is 599 g/mol. The molecule has 3 aromatic rings. The summed E-state index contributed by atoms with van der Waals surface area (Å²) in [6.07, 6.45) is 1.34. The molecule has 0 radical (unpaired) electrons. The van der Waals surface area contributed by atoms with Gasteiger partial charge in [-0.2, -0.15) is 0 Å². The normalized spacial score (nSPS) is 12.4. The van der Waals surface area contributed by atoms with Gasteiger partial charge in [-0.1, -0.05) is 76.6 Å². The van der Waals surface area contributed by atoms with Crippen LogP contribution < -0.4 is 9.62 Å². The molecule has 0 aliphatic rings. The Bertz CT molecular complexity index is 1330. The van der Waals surface area contributed by atoms with Crippen LogP contribution in [0.1, 0.15) is 31.9 Å². The van der Waals surface area contributed by atoms with Gasteiger partial charge in [0.25, 0.3) is 0 Å². The highest BCUT2D eigenvalue weighted by molar-refractivity contribution is 9.10. The van der Waals surface area contributed by atoms with Crippen molar-refractivity contribution < 1.29 is 18.0 Å². The Morgan fingerprint density at radius 2 is 1.39 bits per heavy atom. The number of sulfonamides is 1. The molecule has 0 aliphatic heterocycles. The number of nitrogens with zero attached hydrogens (tertiary/aromatic N) is 2. The van der Waals surface area contributed by atoms with Crippen LogP contribution in [0.15, 0.2) is 89.4 Å². The lowest BCUT2D eigenvalue weighted by Gasteiger charge is -2.35. The molecule has 38 heavy (non-hydrogen) atoms. The van der Waals surface area contributed by atoms with Crippen molar-refractivity contribution in [3.8, 4) is 0 Å². The van der Waals surface area contributed by atoms with E-state index in [1.54, 1.807) is 24.3 Å². The van der Waals surface area contributed by atoms with Gasteiger partial charge in [0.05, 0.1) is 11.9 Å². The molecular weight excluding hydrogens is 566 g/mol. The molecule has 202 valence electrons. The Morgan fingerprint density at radius 1 is 0.868 bits per heavy atom. The van der Waals surface area contributed by atoms with E-state index in [1.807, 2.05) is 81.4 Å². The third-order valence-corrected chi connectivity index (χ3v) is 7.43. The zero-order valence-electron chi connectivity index (χ0n) is 22.1. The molecule has 0 aromatic heterocycles. The second kappa shape index (κ2) is 12.6. The van der Waals surface area contributed by atoms with Crippen molar-refractivity contribution in [1.82, 2.24) is 10.2 Å². The summed E-state index contributed by atoms with van der Waals surface area (Å²) < 4.78 is 27.4. The molecule has 3 aromatic carbocycles. The summed E-state index contributed by atoms with van der Waals surface area (Å²) in [5, 5.41) is 3.01. The van der Waals surface area contributed by atoms with E-state index in [2.05, 4.69) is 21.2 Å². The van der Waals surface area contributed by atoms with Crippen LogP contribution >= 0.6 is 15.9 Å². The molecular formula is C29H34BrN3O4S. The van der Waals surface area contributed by atoms with Crippen molar-refractivity contribution in [3.63, 3.8) is 0 Å². The lowest BCUT2D eigenvalue weighted by Crippen LogP contribution is -2.56. The first-order valence-corrected chi connectivity index (χ1v) is 14.9. The molecule has 0 fully saturated rings. The molecule has 2 amide bonds. The van der Waals surface area contributed by atoms with Crippen LogP contribution in [0.4, 0.5) is 5.69 Å². The fourth-order valence-electron chi connectivity index (χ4n) is 4.01. The van der Waals surface area contributed by atoms with E-state index in [4.69, 9.17) is 0 Å². The minimum Gasteiger partial charge on any atom is -0.350 e. The lowest BCUT2D eigenvalue weighted by molar-refractivity contribution is -0.140. The molecule has 0 aliphatic carbocycles. The number of rotatable bonds is 10. The topological polar surface area (TPSA) is 86.8 Å².